The van der Waals surface area contributed by atoms with Crippen molar-refractivity contribution >= 4 is 28.2 Å². The Morgan fingerprint density at radius 2 is 1.93 bits per heavy atom. The lowest BCUT2D eigenvalue weighted by Gasteiger charge is -2.15. The number of nitrogens with zero attached hydrogens (tertiary/aromatic N) is 1. The zero-order valence-electron chi connectivity index (χ0n) is 14.9. The van der Waals surface area contributed by atoms with Crippen LogP contribution in [0.1, 0.15) is 24.2 Å². The molecule has 0 amide bonds. The Hall–Kier alpha value is -3.22. The summed E-state index contributed by atoms with van der Waals surface area (Å²) in [6, 6.07) is 8.36. The molecule has 0 saturated heterocycles. The number of hydrogen-bond donors (Lipinski definition) is 1. The average Bonchev–Trinajstić information content (AvgIpc) is 2.64. The molecule has 0 atom stereocenters. The van der Waals surface area contributed by atoms with Gasteiger partial charge in [-0.15, -0.1) is 0 Å². The molecular weight excluding hydrogens is 354 g/mol. The fourth-order valence-corrected chi connectivity index (χ4v) is 2.65. The highest BCUT2D eigenvalue weighted by Crippen LogP contribution is 2.33. The van der Waals surface area contributed by atoms with Crippen molar-refractivity contribution in [2.45, 2.75) is 13.8 Å². The summed E-state index contributed by atoms with van der Waals surface area (Å²) in [7, 11) is 0. The van der Waals surface area contributed by atoms with Crippen molar-refractivity contribution in [1.82, 2.24) is 4.98 Å². The summed E-state index contributed by atoms with van der Waals surface area (Å²) in [6.45, 7) is 4.18. The number of esters is 1. The Kier molecular flexibility index (Phi) is 5.49. The number of aromatic nitrogens is 1. The van der Waals surface area contributed by atoms with E-state index in [1.807, 2.05) is 6.92 Å². The fraction of sp³-hybridized carbons (Fsp3) is 0.200. The summed E-state index contributed by atoms with van der Waals surface area (Å²) in [4.78, 5) is 16.6. The number of halogens is 2. The van der Waals surface area contributed by atoms with Gasteiger partial charge < -0.3 is 14.8 Å². The molecule has 0 spiro atoms. The molecule has 140 valence electrons. The Bertz CT molecular complexity index is 992. The van der Waals surface area contributed by atoms with E-state index in [0.717, 1.165) is 12.1 Å². The average molecular weight is 372 g/mol. The van der Waals surface area contributed by atoms with Crippen LogP contribution in [0.25, 0.3) is 10.9 Å². The maximum atomic E-state index is 14.2. The van der Waals surface area contributed by atoms with Gasteiger partial charge in [0.15, 0.2) is 0 Å². The van der Waals surface area contributed by atoms with Crippen LogP contribution in [0.5, 0.6) is 5.75 Å². The minimum absolute atomic E-state index is 0.0243. The molecule has 0 unspecified atom stereocenters. The topological polar surface area (TPSA) is 60.5 Å². The van der Waals surface area contributed by atoms with Gasteiger partial charge in [-0.3, -0.25) is 4.98 Å². The molecule has 7 heteroatoms. The molecule has 0 aliphatic rings. The molecule has 0 bridgehead atoms. The van der Waals surface area contributed by atoms with E-state index in [9.17, 15) is 13.6 Å². The maximum absolute atomic E-state index is 14.2. The van der Waals surface area contributed by atoms with E-state index in [2.05, 4.69) is 10.3 Å². The molecule has 1 heterocycles. The SMILES string of the molecule is CCOC(=O)c1cnc2ccc(OCC)cc2c1Nc1ccc(F)cc1F. The second kappa shape index (κ2) is 7.99. The van der Waals surface area contributed by atoms with Gasteiger partial charge in [-0.25, -0.2) is 13.6 Å². The highest BCUT2D eigenvalue weighted by molar-refractivity contribution is 6.06. The number of benzene rings is 2. The number of pyridine rings is 1. The smallest absolute Gasteiger partial charge is 0.341 e. The number of carbonyl (C=O) groups excluding carboxylic acids is 1. The first-order valence-corrected chi connectivity index (χ1v) is 8.48. The normalized spacial score (nSPS) is 10.7. The quantitative estimate of drug-likeness (QED) is 0.628. The van der Waals surface area contributed by atoms with E-state index in [-0.39, 0.29) is 17.9 Å². The monoisotopic (exact) mass is 372 g/mol. The lowest BCUT2D eigenvalue weighted by Crippen LogP contribution is -2.10. The van der Waals surface area contributed by atoms with Crippen molar-refractivity contribution in [3.05, 3.63) is 59.8 Å². The number of hydrogen-bond acceptors (Lipinski definition) is 5. The van der Waals surface area contributed by atoms with E-state index < -0.39 is 17.6 Å². The molecule has 0 fully saturated rings. The van der Waals surface area contributed by atoms with Crippen molar-refractivity contribution in [2.24, 2.45) is 0 Å². The third-order valence-electron chi connectivity index (χ3n) is 3.84. The van der Waals surface area contributed by atoms with Crippen LogP contribution in [0.15, 0.2) is 42.6 Å². The molecule has 3 aromatic rings. The van der Waals surface area contributed by atoms with Crippen molar-refractivity contribution in [3.8, 4) is 5.75 Å². The van der Waals surface area contributed by atoms with Crippen LogP contribution in [-0.2, 0) is 4.74 Å². The third-order valence-corrected chi connectivity index (χ3v) is 3.84. The van der Waals surface area contributed by atoms with Crippen molar-refractivity contribution < 1.29 is 23.0 Å². The zero-order valence-corrected chi connectivity index (χ0v) is 14.9. The molecular formula is C20H18F2N2O3. The van der Waals surface area contributed by atoms with Gasteiger partial charge in [0.2, 0.25) is 0 Å². The minimum atomic E-state index is -0.782. The molecule has 3 rings (SSSR count). The predicted octanol–water partition coefficient (Wildman–Crippen LogP) is 4.83. The van der Waals surface area contributed by atoms with Crippen LogP contribution in [0.2, 0.25) is 0 Å². The first kappa shape index (κ1) is 18.6. The van der Waals surface area contributed by atoms with E-state index in [1.165, 1.54) is 12.3 Å². The van der Waals surface area contributed by atoms with E-state index in [1.54, 1.807) is 25.1 Å². The van der Waals surface area contributed by atoms with Crippen LogP contribution < -0.4 is 10.1 Å². The van der Waals surface area contributed by atoms with Crippen LogP contribution in [0.3, 0.4) is 0 Å². The Balaban J connectivity index is 2.18. The summed E-state index contributed by atoms with van der Waals surface area (Å²) in [6.07, 6.45) is 1.37. The van der Waals surface area contributed by atoms with Gasteiger partial charge in [0.05, 0.1) is 30.1 Å². The van der Waals surface area contributed by atoms with Gasteiger partial charge in [-0.1, -0.05) is 0 Å². The van der Waals surface area contributed by atoms with Gasteiger partial charge in [0, 0.05) is 17.6 Å². The Labute approximate surface area is 154 Å². The summed E-state index contributed by atoms with van der Waals surface area (Å²) >= 11 is 0. The maximum Gasteiger partial charge on any atom is 0.341 e. The molecule has 0 radical (unpaired) electrons. The van der Waals surface area contributed by atoms with Crippen LogP contribution in [0.4, 0.5) is 20.2 Å². The lowest BCUT2D eigenvalue weighted by atomic mass is 10.1. The molecule has 0 saturated carbocycles. The number of anilines is 2. The van der Waals surface area contributed by atoms with Crippen molar-refractivity contribution in [3.63, 3.8) is 0 Å². The third kappa shape index (κ3) is 3.97. The van der Waals surface area contributed by atoms with Crippen LogP contribution in [-0.4, -0.2) is 24.2 Å². The number of carbonyl (C=O) groups is 1. The number of fused-ring (bicyclic) bond motifs is 1. The first-order chi connectivity index (χ1) is 13.0. The van der Waals surface area contributed by atoms with E-state index >= 15 is 0 Å². The van der Waals surface area contributed by atoms with Crippen LogP contribution in [0, 0.1) is 11.6 Å². The second-order valence-electron chi connectivity index (χ2n) is 5.63. The Morgan fingerprint density at radius 3 is 2.63 bits per heavy atom. The van der Waals surface area contributed by atoms with E-state index in [0.29, 0.717) is 28.9 Å². The largest absolute Gasteiger partial charge is 0.494 e. The summed E-state index contributed by atoms with van der Waals surface area (Å²) in [5, 5.41) is 3.43. The van der Waals surface area contributed by atoms with Gasteiger partial charge in [0.1, 0.15) is 22.9 Å². The second-order valence-corrected chi connectivity index (χ2v) is 5.63. The number of nitrogens with one attached hydrogen (secondary N) is 1. The van der Waals surface area contributed by atoms with Gasteiger partial charge in [-0.05, 0) is 44.2 Å². The number of rotatable bonds is 6. The highest BCUT2D eigenvalue weighted by Gasteiger charge is 2.18. The molecule has 1 N–H and O–H groups in total. The standard InChI is InChI=1S/C20H18F2N2O3/c1-3-26-13-6-8-17-14(10-13)19(15(11-23-17)20(25)27-4-2)24-18-7-5-12(21)9-16(18)22/h5-11H,3-4H2,1-2H3,(H,23,24). The lowest BCUT2D eigenvalue weighted by molar-refractivity contribution is 0.0527. The van der Waals surface area contributed by atoms with Crippen LogP contribution >= 0.6 is 0 Å². The van der Waals surface area contributed by atoms with Gasteiger partial charge in [-0.2, -0.15) is 0 Å². The molecule has 0 aliphatic heterocycles. The zero-order chi connectivity index (χ0) is 19.4. The predicted molar refractivity (Wildman–Crippen MR) is 98.5 cm³/mol. The molecule has 27 heavy (non-hydrogen) atoms. The highest BCUT2D eigenvalue weighted by atomic mass is 19.1. The Morgan fingerprint density at radius 1 is 1.11 bits per heavy atom. The molecule has 1 aromatic heterocycles. The minimum Gasteiger partial charge on any atom is -0.494 e. The number of ether oxygens (including phenoxy) is 2. The molecule has 5 nitrogen and oxygen atoms in total. The van der Waals surface area contributed by atoms with Gasteiger partial charge >= 0.3 is 5.97 Å². The fourth-order valence-electron chi connectivity index (χ4n) is 2.65. The molecule has 2 aromatic carbocycles. The first-order valence-electron chi connectivity index (χ1n) is 8.48. The van der Waals surface area contributed by atoms with Crippen molar-refractivity contribution in [2.75, 3.05) is 18.5 Å². The summed E-state index contributed by atoms with van der Waals surface area (Å²) in [5.41, 5.74) is 1.06. The van der Waals surface area contributed by atoms with Gasteiger partial charge in [0.25, 0.3) is 0 Å². The summed E-state index contributed by atoms with van der Waals surface area (Å²) in [5.74, 6) is -1.49. The summed E-state index contributed by atoms with van der Waals surface area (Å²) < 4.78 is 38.0. The van der Waals surface area contributed by atoms with E-state index in [4.69, 9.17) is 9.47 Å². The van der Waals surface area contributed by atoms with Crippen molar-refractivity contribution in [1.29, 1.82) is 0 Å². The molecule has 0 aliphatic carbocycles.